The van der Waals surface area contributed by atoms with E-state index in [-0.39, 0.29) is 22.0 Å². The van der Waals surface area contributed by atoms with Crippen LogP contribution in [0.4, 0.5) is 13.2 Å². The number of nitriles is 1. The van der Waals surface area contributed by atoms with Crippen molar-refractivity contribution < 1.29 is 17.9 Å². The Morgan fingerprint density at radius 1 is 1.08 bits per heavy atom. The highest BCUT2D eigenvalue weighted by Crippen LogP contribution is 2.42. The average Bonchev–Trinajstić information content (AvgIpc) is 3.04. The molecule has 0 amide bonds. The first-order valence-corrected chi connectivity index (χ1v) is 7.23. The number of rotatable bonds is 3. The van der Waals surface area contributed by atoms with E-state index < -0.39 is 12.1 Å². The molecule has 0 bridgehead atoms. The molecule has 0 saturated heterocycles. The Kier molecular flexibility index (Phi) is 4.33. The number of hydrogen-bond acceptors (Lipinski definition) is 4. The second-order valence-electron chi connectivity index (χ2n) is 4.88. The van der Waals surface area contributed by atoms with Crippen LogP contribution in [0.3, 0.4) is 0 Å². The van der Waals surface area contributed by atoms with Crippen LogP contribution in [-0.4, -0.2) is 21.8 Å². The van der Waals surface area contributed by atoms with Crippen LogP contribution in [0.5, 0.6) is 5.75 Å². The second-order valence-corrected chi connectivity index (χ2v) is 5.29. The van der Waals surface area contributed by atoms with E-state index >= 15 is 0 Å². The van der Waals surface area contributed by atoms with Gasteiger partial charge in [-0.25, -0.2) is 0 Å². The number of hydrogen-bond donors (Lipinski definition) is 1. The van der Waals surface area contributed by atoms with Crippen molar-refractivity contribution in [2.24, 2.45) is 0 Å². The van der Waals surface area contributed by atoms with Crippen LogP contribution in [0.15, 0.2) is 42.5 Å². The van der Waals surface area contributed by atoms with Crippen LogP contribution in [0.1, 0.15) is 5.69 Å². The number of H-pyrrole nitrogens is 1. The fourth-order valence-electron chi connectivity index (χ4n) is 2.28. The standard InChI is InChI=1S/C16H8ClF3N4O/c17-12-7-10(9-4-2-1-3-5-9)6-11(15(12)25-16(18,19)20)14-13(8-21)22-24-23-14/h1-7H,(H,22,23,24). The molecule has 0 spiro atoms. The molecule has 5 nitrogen and oxygen atoms in total. The highest BCUT2D eigenvalue weighted by Gasteiger charge is 2.34. The lowest BCUT2D eigenvalue weighted by atomic mass is 10.00. The van der Waals surface area contributed by atoms with Crippen molar-refractivity contribution in [1.29, 1.82) is 5.26 Å². The lowest BCUT2D eigenvalue weighted by molar-refractivity contribution is -0.274. The van der Waals surface area contributed by atoms with Gasteiger partial charge in [0.15, 0.2) is 11.4 Å². The largest absolute Gasteiger partial charge is 0.573 e. The van der Waals surface area contributed by atoms with Crippen LogP contribution < -0.4 is 4.74 Å². The average molecular weight is 365 g/mol. The predicted octanol–water partition coefficient (Wildman–Crippen LogP) is 4.56. The van der Waals surface area contributed by atoms with E-state index in [0.717, 1.165) is 5.56 Å². The topological polar surface area (TPSA) is 74.6 Å². The van der Waals surface area contributed by atoms with Crippen LogP contribution in [0.25, 0.3) is 22.4 Å². The molecule has 0 atom stereocenters. The fraction of sp³-hybridized carbons (Fsp3) is 0.0625. The Hall–Kier alpha value is -3.05. The minimum atomic E-state index is -4.96. The van der Waals surface area contributed by atoms with Crippen LogP contribution in [0.2, 0.25) is 5.02 Å². The van der Waals surface area contributed by atoms with Gasteiger partial charge in [-0.15, -0.1) is 18.3 Å². The first-order valence-electron chi connectivity index (χ1n) is 6.85. The monoisotopic (exact) mass is 364 g/mol. The van der Waals surface area contributed by atoms with Gasteiger partial charge in [0.05, 0.1) is 5.02 Å². The summed E-state index contributed by atoms with van der Waals surface area (Å²) in [6, 6.07) is 13.4. The van der Waals surface area contributed by atoms with Gasteiger partial charge in [-0.1, -0.05) is 41.9 Å². The molecule has 0 saturated carbocycles. The van der Waals surface area contributed by atoms with E-state index in [4.69, 9.17) is 16.9 Å². The van der Waals surface area contributed by atoms with E-state index in [1.807, 2.05) is 0 Å². The molecule has 1 N–H and O–H groups in total. The van der Waals surface area contributed by atoms with Gasteiger partial charge < -0.3 is 4.74 Å². The fourth-order valence-corrected chi connectivity index (χ4v) is 2.54. The number of benzene rings is 2. The Morgan fingerprint density at radius 2 is 1.80 bits per heavy atom. The molecular formula is C16H8ClF3N4O. The summed E-state index contributed by atoms with van der Waals surface area (Å²) in [4.78, 5) is 0. The number of nitrogens with zero attached hydrogens (tertiary/aromatic N) is 3. The first-order chi connectivity index (χ1) is 11.9. The summed E-state index contributed by atoms with van der Waals surface area (Å²) in [5.41, 5.74) is 0.928. The van der Waals surface area contributed by atoms with Gasteiger partial charge in [0.1, 0.15) is 11.8 Å². The number of aromatic amines is 1. The quantitative estimate of drug-likeness (QED) is 0.739. The molecule has 0 fully saturated rings. The van der Waals surface area contributed by atoms with E-state index in [2.05, 4.69) is 20.1 Å². The minimum Gasteiger partial charge on any atom is -0.403 e. The van der Waals surface area contributed by atoms with Crippen LogP contribution in [0, 0.1) is 11.3 Å². The molecule has 0 unspecified atom stereocenters. The first kappa shape index (κ1) is 16.8. The molecule has 1 heterocycles. The Bertz CT molecular complexity index is 948. The van der Waals surface area contributed by atoms with Gasteiger partial charge in [0, 0.05) is 5.56 Å². The van der Waals surface area contributed by atoms with Crippen LogP contribution >= 0.6 is 11.6 Å². The van der Waals surface area contributed by atoms with Crippen molar-refractivity contribution in [2.75, 3.05) is 0 Å². The lowest BCUT2D eigenvalue weighted by Crippen LogP contribution is -2.18. The van der Waals surface area contributed by atoms with Gasteiger partial charge in [0.2, 0.25) is 0 Å². The molecule has 3 aromatic rings. The van der Waals surface area contributed by atoms with E-state index in [0.29, 0.717) is 5.56 Å². The third-order valence-electron chi connectivity index (χ3n) is 3.28. The van der Waals surface area contributed by atoms with Crippen molar-refractivity contribution >= 4 is 11.6 Å². The third kappa shape index (κ3) is 3.56. The zero-order chi connectivity index (χ0) is 18.0. The zero-order valence-electron chi connectivity index (χ0n) is 12.3. The van der Waals surface area contributed by atoms with Gasteiger partial charge in [-0.2, -0.15) is 15.6 Å². The molecular weight excluding hydrogens is 357 g/mol. The van der Waals surface area contributed by atoms with E-state index in [9.17, 15) is 13.2 Å². The molecule has 3 rings (SSSR count). The van der Waals surface area contributed by atoms with Crippen molar-refractivity contribution in [2.45, 2.75) is 6.36 Å². The molecule has 0 aliphatic carbocycles. The summed E-state index contributed by atoms with van der Waals surface area (Å²) in [5, 5.41) is 18.4. The van der Waals surface area contributed by atoms with Gasteiger partial charge in [-0.05, 0) is 23.3 Å². The summed E-state index contributed by atoms with van der Waals surface area (Å²) in [5.74, 6) is -0.640. The second kappa shape index (κ2) is 6.45. The normalized spacial score (nSPS) is 11.2. The maximum Gasteiger partial charge on any atom is 0.573 e. The zero-order valence-corrected chi connectivity index (χ0v) is 13.1. The van der Waals surface area contributed by atoms with Crippen LogP contribution in [-0.2, 0) is 0 Å². The van der Waals surface area contributed by atoms with E-state index in [1.54, 1.807) is 36.4 Å². The Labute approximate surface area is 144 Å². The highest BCUT2D eigenvalue weighted by molar-refractivity contribution is 6.33. The third-order valence-corrected chi connectivity index (χ3v) is 3.56. The Morgan fingerprint density at radius 3 is 2.44 bits per heavy atom. The number of aromatic nitrogens is 3. The molecule has 25 heavy (non-hydrogen) atoms. The molecule has 1 aromatic heterocycles. The maximum atomic E-state index is 12.8. The molecule has 2 aromatic carbocycles. The molecule has 0 radical (unpaired) electrons. The van der Waals surface area contributed by atoms with Gasteiger partial charge in [0.25, 0.3) is 0 Å². The minimum absolute atomic E-state index is 0.0820. The summed E-state index contributed by atoms with van der Waals surface area (Å²) in [7, 11) is 0. The van der Waals surface area contributed by atoms with Crippen molar-refractivity contribution in [3.8, 4) is 34.2 Å². The number of halogens is 4. The molecule has 126 valence electrons. The smallest absolute Gasteiger partial charge is 0.403 e. The summed E-state index contributed by atoms with van der Waals surface area (Å²) in [6.45, 7) is 0. The van der Waals surface area contributed by atoms with Crippen molar-refractivity contribution in [3.63, 3.8) is 0 Å². The molecule has 0 aliphatic heterocycles. The number of nitrogens with one attached hydrogen (secondary N) is 1. The van der Waals surface area contributed by atoms with Crippen molar-refractivity contribution in [3.05, 3.63) is 53.2 Å². The van der Waals surface area contributed by atoms with E-state index in [1.165, 1.54) is 12.1 Å². The van der Waals surface area contributed by atoms with Gasteiger partial charge >= 0.3 is 6.36 Å². The summed E-state index contributed by atoms with van der Waals surface area (Å²) in [6.07, 6.45) is -4.96. The number of alkyl halides is 3. The van der Waals surface area contributed by atoms with Gasteiger partial charge in [-0.3, -0.25) is 0 Å². The summed E-state index contributed by atoms with van der Waals surface area (Å²) >= 11 is 6.04. The molecule has 0 aliphatic rings. The summed E-state index contributed by atoms with van der Waals surface area (Å²) < 4.78 is 42.3. The SMILES string of the molecule is N#Cc1n[nH]nc1-c1cc(-c2ccccc2)cc(Cl)c1OC(F)(F)F. The number of ether oxygens (including phenoxy) is 1. The lowest BCUT2D eigenvalue weighted by Gasteiger charge is -2.15. The predicted molar refractivity (Wildman–Crippen MR) is 83.7 cm³/mol. The Balaban J connectivity index is 2.24. The highest BCUT2D eigenvalue weighted by atomic mass is 35.5. The molecule has 9 heteroatoms. The van der Waals surface area contributed by atoms with Crippen molar-refractivity contribution in [1.82, 2.24) is 15.4 Å². The maximum absolute atomic E-state index is 12.8.